The van der Waals surface area contributed by atoms with Crippen molar-refractivity contribution in [2.24, 2.45) is 5.10 Å². The summed E-state index contributed by atoms with van der Waals surface area (Å²) < 4.78 is 27.9. The number of nitrogens with zero attached hydrogens (tertiary/aromatic N) is 2. The molecule has 1 heterocycles. The Hall–Kier alpha value is -2.75. The van der Waals surface area contributed by atoms with E-state index in [1.54, 1.807) is 34.9 Å². The molecule has 0 saturated carbocycles. The van der Waals surface area contributed by atoms with Crippen molar-refractivity contribution >= 4 is 50.2 Å². The number of aromatic amines is 1. The van der Waals surface area contributed by atoms with Crippen molar-refractivity contribution in [3.05, 3.63) is 58.8 Å². The summed E-state index contributed by atoms with van der Waals surface area (Å²) in [5, 5.41) is 8.63. The van der Waals surface area contributed by atoms with E-state index in [2.05, 4.69) is 39.9 Å². The molecule has 3 aromatic rings. The highest BCUT2D eigenvalue weighted by atomic mass is 32.2. The van der Waals surface area contributed by atoms with Gasteiger partial charge in [0.15, 0.2) is 5.11 Å². The molecule has 0 fully saturated rings. The Morgan fingerprint density at radius 1 is 1.09 bits per heavy atom. The second-order valence-corrected chi connectivity index (χ2v) is 10.8. The van der Waals surface area contributed by atoms with Crippen LogP contribution in [0.2, 0.25) is 0 Å². The first-order chi connectivity index (χ1) is 16.2. The number of fused-ring (bicyclic) bond motifs is 1. The Labute approximate surface area is 207 Å². The minimum Gasteiger partial charge on any atom is -0.361 e. The molecule has 0 aliphatic rings. The number of nitrogens with one attached hydrogen (secondary N) is 3. The quantitative estimate of drug-likeness (QED) is 0.213. The highest BCUT2D eigenvalue weighted by Gasteiger charge is 2.23. The first-order valence-corrected chi connectivity index (χ1v) is 13.3. The molecule has 2 aromatic carbocycles. The van der Waals surface area contributed by atoms with E-state index in [-0.39, 0.29) is 4.90 Å². The van der Waals surface area contributed by atoms with Gasteiger partial charge in [0.2, 0.25) is 10.0 Å². The molecule has 1 aromatic heterocycles. The monoisotopic (exact) mass is 499 g/mol. The van der Waals surface area contributed by atoms with Gasteiger partial charge in [0.05, 0.1) is 11.1 Å². The first-order valence-electron chi connectivity index (χ1n) is 11.5. The zero-order valence-corrected chi connectivity index (χ0v) is 22.0. The molecule has 34 heavy (non-hydrogen) atoms. The zero-order valence-electron chi connectivity index (χ0n) is 20.4. The normalized spacial score (nSPS) is 12.1. The summed E-state index contributed by atoms with van der Waals surface area (Å²) in [4.78, 5) is 3.45. The van der Waals surface area contributed by atoms with Crippen molar-refractivity contribution in [3.63, 3.8) is 0 Å². The Balaban J connectivity index is 1.78. The number of anilines is 1. The summed E-state index contributed by atoms with van der Waals surface area (Å²) in [6, 6.07) is 9.34. The summed E-state index contributed by atoms with van der Waals surface area (Å²) in [7, 11) is -3.56. The molecule has 0 aliphatic heterocycles. The molecule has 7 nitrogen and oxygen atoms in total. The smallest absolute Gasteiger partial charge is 0.243 e. The van der Waals surface area contributed by atoms with E-state index < -0.39 is 10.0 Å². The van der Waals surface area contributed by atoms with E-state index >= 15 is 0 Å². The van der Waals surface area contributed by atoms with E-state index in [0.29, 0.717) is 18.2 Å². The highest BCUT2D eigenvalue weighted by Crippen LogP contribution is 2.24. The number of benzene rings is 2. The summed E-state index contributed by atoms with van der Waals surface area (Å²) in [6.45, 7) is 11.1. The number of aryl methyl sites for hydroxylation is 3. The topological polar surface area (TPSA) is 89.6 Å². The van der Waals surface area contributed by atoms with Crippen LogP contribution >= 0.6 is 12.2 Å². The van der Waals surface area contributed by atoms with Crippen LogP contribution in [0.15, 0.2) is 46.5 Å². The lowest BCUT2D eigenvalue weighted by atomic mass is 10.1. The number of H-pyrrole nitrogens is 1. The molecule has 0 amide bonds. The van der Waals surface area contributed by atoms with Crippen LogP contribution in [0.25, 0.3) is 10.9 Å². The van der Waals surface area contributed by atoms with Gasteiger partial charge < -0.3 is 10.3 Å². The van der Waals surface area contributed by atoms with Crippen LogP contribution in [0.4, 0.5) is 5.69 Å². The lowest BCUT2D eigenvalue weighted by Gasteiger charge is -2.21. The molecule has 0 atom stereocenters. The van der Waals surface area contributed by atoms with Crippen molar-refractivity contribution in [3.8, 4) is 0 Å². The fourth-order valence-electron chi connectivity index (χ4n) is 4.07. The fraction of sp³-hybridized carbons (Fsp3) is 0.360. The number of thiocarbonyl (C=S) groups is 1. The SMILES string of the molecule is CCCN(CCC)S(=O)(=O)c1ccc2[nH]cc(C=NNC(=S)Nc3c(C)cc(C)cc3C)c2c1. The lowest BCUT2D eigenvalue weighted by Crippen LogP contribution is -2.32. The third-order valence-corrected chi connectivity index (χ3v) is 7.64. The number of hydrogen-bond donors (Lipinski definition) is 3. The van der Waals surface area contributed by atoms with Gasteiger partial charge in [-0.2, -0.15) is 9.41 Å². The molecule has 0 spiro atoms. The van der Waals surface area contributed by atoms with Crippen LogP contribution in [0.3, 0.4) is 0 Å². The minimum atomic E-state index is -3.56. The molecule has 3 rings (SSSR count). The molecule has 0 saturated heterocycles. The van der Waals surface area contributed by atoms with Gasteiger partial charge in [-0.1, -0.05) is 31.5 Å². The predicted molar refractivity (Wildman–Crippen MR) is 145 cm³/mol. The van der Waals surface area contributed by atoms with E-state index in [4.69, 9.17) is 12.2 Å². The molecule has 3 N–H and O–H groups in total. The Bertz CT molecular complexity index is 1280. The van der Waals surface area contributed by atoms with Crippen molar-refractivity contribution in [2.45, 2.75) is 52.4 Å². The largest absolute Gasteiger partial charge is 0.361 e. The number of aromatic nitrogens is 1. The van der Waals surface area contributed by atoms with Crippen molar-refractivity contribution < 1.29 is 8.42 Å². The van der Waals surface area contributed by atoms with Gasteiger partial charge in [-0.25, -0.2) is 8.42 Å². The lowest BCUT2D eigenvalue weighted by molar-refractivity contribution is 0.410. The molecular weight excluding hydrogens is 466 g/mol. The number of hydrazone groups is 1. The van der Waals surface area contributed by atoms with Crippen LogP contribution < -0.4 is 10.7 Å². The van der Waals surface area contributed by atoms with Crippen LogP contribution in [-0.2, 0) is 10.0 Å². The average Bonchev–Trinajstić information content (AvgIpc) is 3.18. The van der Waals surface area contributed by atoms with Gasteiger partial charge in [0.1, 0.15) is 0 Å². The zero-order chi connectivity index (χ0) is 24.9. The highest BCUT2D eigenvalue weighted by molar-refractivity contribution is 7.89. The average molecular weight is 500 g/mol. The van der Waals surface area contributed by atoms with Gasteiger partial charge >= 0.3 is 0 Å². The van der Waals surface area contributed by atoms with Gasteiger partial charge in [-0.05, 0) is 75.2 Å². The third kappa shape index (κ3) is 5.84. The van der Waals surface area contributed by atoms with Crippen LogP contribution in [0.5, 0.6) is 0 Å². The van der Waals surface area contributed by atoms with Gasteiger partial charge in [-0.15, -0.1) is 0 Å². The number of sulfonamides is 1. The predicted octanol–water partition coefficient (Wildman–Crippen LogP) is 5.22. The van der Waals surface area contributed by atoms with Crippen molar-refractivity contribution in [1.82, 2.24) is 14.7 Å². The standard InChI is InChI=1S/C25H33N5O2S2/c1-6-10-30(11-7-2)34(31,32)21-8-9-23-22(14-21)20(15-26-23)16-27-29-25(33)28-24-18(4)12-17(3)13-19(24)5/h8-9,12-16,26H,6-7,10-11H2,1-5H3,(H2,28,29,33). The van der Waals surface area contributed by atoms with E-state index in [9.17, 15) is 8.42 Å². The molecule has 0 unspecified atom stereocenters. The number of rotatable bonds is 9. The maximum absolute atomic E-state index is 13.2. The van der Waals surface area contributed by atoms with E-state index in [1.165, 1.54) is 5.56 Å². The minimum absolute atomic E-state index is 0.284. The third-order valence-electron chi connectivity index (χ3n) is 5.55. The van der Waals surface area contributed by atoms with Crippen LogP contribution in [0, 0.1) is 20.8 Å². The second-order valence-electron chi connectivity index (χ2n) is 8.45. The van der Waals surface area contributed by atoms with Gasteiger partial charge in [0.25, 0.3) is 0 Å². The summed E-state index contributed by atoms with van der Waals surface area (Å²) in [5.74, 6) is 0. The van der Waals surface area contributed by atoms with Gasteiger partial charge in [0, 0.05) is 41.4 Å². The van der Waals surface area contributed by atoms with Crippen molar-refractivity contribution in [1.29, 1.82) is 0 Å². The maximum Gasteiger partial charge on any atom is 0.243 e. The van der Waals surface area contributed by atoms with Crippen LogP contribution in [-0.4, -0.2) is 42.1 Å². The van der Waals surface area contributed by atoms with Crippen LogP contribution in [0.1, 0.15) is 48.9 Å². The van der Waals surface area contributed by atoms with E-state index in [1.807, 2.05) is 27.7 Å². The molecule has 0 radical (unpaired) electrons. The molecule has 0 bridgehead atoms. The molecule has 0 aliphatic carbocycles. The fourth-order valence-corrected chi connectivity index (χ4v) is 5.87. The summed E-state index contributed by atoms with van der Waals surface area (Å²) >= 11 is 5.40. The molecule has 182 valence electrons. The number of hydrogen-bond acceptors (Lipinski definition) is 4. The van der Waals surface area contributed by atoms with E-state index in [0.717, 1.165) is 46.1 Å². The van der Waals surface area contributed by atoms with Gasteiger partial charge in [-0.3, -0.25) is 5.43 Å². The Morgan fingerprint density at radius 2 is 1.74 bits per heavy atom. The Morgan fingerprint density at radius 3 is 2.35 bits per heavy atom. The maximum atomic E-state index is 13.2. The summed E-state index contributed by atoms with van der Waals surface area (Å²) in [6.07, 6.45) is 4.97. The summed E-state index contributed by atoms with van der Waals surface area (Å²) in [5.41, 5.74) is 8.83. The first kappa shape index (κ1) is 25.9. The Kier molecular flexibility index (Phi) is 8.46. The molecular formula is C25H33N5O2S2. The second kappa shape index (κ2) is 11.1. The van der Waals surface area contributed by atoms with Crippen molar-refractivity contribution in [2.75, 3.05) is 18.4 Å². The molecule has 9 heteroatoms.